The highest BCUT2D eigenvalue weighted by atomic mass is 16.5. The summed E-state index contributed by atoms with van der Waals surface area (Å²) < 4.78 is 10.4. The number of ether oxygens (including phenoxy) is 2. The van der Waals surface area contributed by atoms with E-state index in [0.29, 0.717) is 28.4 Å². The number of nitrogens with one attached hydrogen (secondary N) is 1. The van der Waals surface area contributed by atoms with Gasteiger partial charge >= 0.3 is 0 Å². The number of benzene rings is 1. The van der Waals surface area contributed by atoms with Crippen LogP contribution in [0.25, 0.3) is 0 Å². The van der Waals surface area contributed by atoms with Crippen molar-refractivity contribution in [2.24, 2.45) is 0 Å². The topological polar surface area (TPSA) is 73.3 Å². The third-order valence-corrected chi connectivity index (χ3v) is 3.41. The number of aryl methyl sites for hydroxylation is 1. The summed E-state index contributed by atoms with van der Waals surface area (Å²) in [5, 5.41) is 2.82. The van der Waals surface area contributed by atoms with Crippen LogP contribution >= 0.6 is 0 Å². The molecule has 6 nitrogen and oxygen atoms in total. The molecular weight excluding hydrogens is 294 g/mol. The molecule has 0 bridgehead atoms. The van der Waals surface area contributed by atoms with Gasteiger partial charge in [-0.2, -0.15) is 0 Å². The van der Waals surface area contributed by atoms with Crippen LogP contribution in [0.3, 0.4) is 0 Å². The van der Waals surface area contributed by atoms with Crippen LogP contribution in [0, 0.1) is 6.92 Å². The van der Waals surface area contributed by atoms with Gasteiger partial charge < -0.3 is 14.8 Å². The molecule has 0 saturated heterocycles. The second-order valence-electron chi connectivity index (χ2n) is 5.40. The van der Waals surface area contributed by atoms with Gasteiger partial charge in [0.15, 0.2) is 0 Å². The van der Waals surface area contributed by atoms with E-state index in [9.17, 15) is 4.79 Å². The fourth-order valence-corrected chi connectivity index (χ4v) is 2.09. The van der Waals surface area contributed by atoms with Crippen LogP contribution in [0.5, 0.6) is 11.5 Å². The van der Waals surface area contributed by atoms with Crippen molar-refractivity contribution in [3.63, 3.8) is 0 Å². The molecule has 1 aromatic carbocycles. The number of amides is 1. The zero-order chi connectivity index (χ0) is 17.0. The van der Waals surface area contributed by atoms with E-state index in [4.69, 9.17) is 9.47 Å². The summed E-state index contributed by atoms with van der Waals surface area (Å²) in [6.07, 6.45) is 1.56. The molecule has 2 aromatic rings. The number of methoxy groups -OCH3 is 2. The molecular formula is C17H21N3O3. The first-order valence-corrected chi connectivity index (χ1v) is 7.33. The number of rotatable bonds is 5. The number of aromatic nitrogens is 2. The highest BCUT2D eigenvalue weighted by Crippen LogP contribution is 2.29. The summed E-state index contributed by atoms with van der Waals surface area (Å²) in [5.74, 6) is 1.83. The lowest BCUT2D eigenvalue weighted by atomic mass is 10.1. The first-order valence-electron chi connectivity index (χ1n) is 7.33. The van der Waals surface area contributed by atoms with Gasteiger partial charge in [0.25, 0.3) is 5.91 Å². The van der Waals surface area contributed by atoms with Crippen molar-refractivity contribution in [3.8, 4) is 11.5 Å². The Bertz CT molecular complexity index is 714. The van der Waals surface area contributed by atoms with E-state index in [-0.39, 0.29) is 11.8 Å². The third kappa shape index (κ3) is 3.77. The fourth-order valence-electron chi connectivity index (χ4n) is 2.09. The minimum atomic E-state index is -0.288. The molecule has 1 heterocycles. The van der Waals surface area contributed by atoms with Crippen LogP contribution in [-0.4, -0.2) is 30.1 Å². The van der Waals surface area contributed by atoms with E-state index >= 15 is 0 Å². The van der Waals surface area contributed by atoms with E-state index in [1.54, 1.807) is 45.5 Å². The van der Waals surface area contributed by atoms with Gasteiger partial charge in [0.2, 0.25) is 0 Å². The maximum Gasteiger partial charge on any atom is 0.259 e. The van der Waals surface area contributed by atoms with E-state index in [0.717, 1.165) is 5.82 Å². The molecule has 0 aliphatic rings. The zero-order valence-corrected chi connectivity index (χ0v) is 14.0. The second kappa shape index (κ2) is 7.09. The van der Waals surface area contributed by atoms with Gasteiger partial charge in [-0.3, -0.25) is 4.79 Å². The zero-order valence-electron chi connectivity index (χ0n) is 14.0. The average Bonchev–Trinajstić information content (AvgIpc) is 2.54. The van der Waals surface area contributed by atoms with Crippen LogP contribution in [0.1, 0.15) is 41.6 Å². The van der Waals surface area contributed by atoms with Crippen molar-refractivity contribution in [2.75, 3.05) is 19.5 Å². The van der Waals surface area contributed by atoms with Gasteiger partial charge in [-0.15, -0.1) is 0 Å². The maximum atomic E-state index is 12.5. The van der Waals surface area contributed by atoms with Gasteiger partial charge in [0, 0.05) is 18.2 Å². The van der Waals surface area contributed by atoms with Crippen LogP contribution in [0.4, 0.5) is 5.69 Å². The largest absolute Gasteiger partial charge is 0.497 e. The molecule has 0 spiro atoms. The van der Waals surface area contributed by atoms with Crippen LogP contribution in [-0.2, 0) is 0 Å². The summed E-state index contributed by atoms with van der Waals surface area (Å²) in [5.41, 5.74) is 1.60. The van der Waals surface area contributed by atoms with Gasteiger partial charge in [-0.05, 0) is 19.1 Å². The number of carbonyl (C=O) groups excluding carboxylic acids is 1. The molecule has 0 atom stereocenters. The Morgan fingerprint density at radius 2 is 1.96 bits per heavy atom. The minimum absolute atomic E-state index is 0.212. The molecule has 6 heteroatoms. The lowest BCUT2D eigenvalue weighted by molar-refractivity contribution is 0.102. The monoisotopic (exact) mass is 315 g/mol. The maximum absolute atomic E-state index is 12.5. The van der Waals surface area contributed by atoms with Gasteiger partial charge in [-0.1, -0.05) is 13.8 Å². The molecule has 1 amide bonds. The molecule has 0 radical (unpaired) electrons. The van der Waals surface area contributed by atoms with Crippen LogP contribution in [0.15, 0.2) is 24.4 Å². The molecule has 0 fully saturated rings. The third-order valence-electron chi connectivity index (χ3n) is 3.41. The molecule has 0 aliphatic carbocycles. The molecule has 1 aromatic heterocycles. The molecule has 0 saturated carbocycles. The van der Waals surface area contributed by atoms with E-state index in [2.05, 4.69) is 15.3 Å². The highest BCUT2D eigenvalue weighted by Gasteiger charge is 2.15. The lowest BCUT2D eigenvalue weighted by Gasteiger charge is -2.13. The van der Waals surface area contributed by atoms with E-state index in [1.807, 2.05) is 13.8 Å². The van der Waals surface area contributed by atoms with Crippen molar-refractivity contribution in [2.45, 2.75) is 26.7 Å². The summed E-state index contributed by atoms with van der Waals surface area (Å²) in [7, 11) is 3.11. The van der Waals surface area contributed by atoms with Crippen molar-refractivity contribution < 1.29 is 14.3 Å². The van der Waals surface area contributed by atoms with E-state index in [1.165, 1.54) is 0 Å². The quantitative estimate of drug-likeness (QED) is 0.917. The average molecular weight is 315 g/mol. The second-order valence-corrected chi connectivity index (χ2v) is 5.40. The molecule has 2 rings (SSSR count). The normalized spacial score (nSPS) is 10.5. The lowest BCUT2D eigenvalue weighted by Crippen LogP contribution is -2.16. The van der Waals surface area contributed by atoms with Gasteiger partial charge in [0.05, 0.1) is 31.2 Å². The Morgan fingerprint density at radius 1 is 1.22 bits per heavy atom. The van der Waals surface area contributed by atoms with Crippen molar-refractivity contribution in [1.82, 2.24) is 9.97 Å². The van der Waals surface area contributed by atoms with Crippen LogP contribution in [0.2, 0.25) is 0 Å². The number of carbonyl (C=O) groups is 1. The summed E-state index contributed by atoms with van der Waals surface area (Å²) in [6.45, 7) is 5.82. The van der Waals surface area contributed by atoms with Crippen molar-refractivity contribution in [3.05, 3.63) is 41.5 Å². The molecule has 0 aliphatic heterocycles. The standard InChI is InChI=1S/C17H21N3O3/c1-10(2)16-18-9-13(11(3)19-16)17(21)20-14-8-12(22-4)6-7-15(14)23-5/h6-10H,1-5H3,(H,20,21). The number of hydrogen-bond donors (Lipinski definition) is 1. The van der Waals surface area contributed by atoms with Gasteiger partial charge in [-0.25, -0.2) is 9.97 Å². The fraction of sp³-hybridized carbons (Fsp3) is 0.353. The first-order chi connectivity index (χ1) is 11.0. The summed E-state index contributed by atoms with van der Waals surface area (Å²) in [4.78, 5) is 21.1. The van der Waals surface area contributed by atoms with Crippen molar-refractivity contribution >= 4 is 11.6 Å². The van der Waals surface area contributed by atoms with E-state index < -0.39 is 0 Å². The highest BCUT2D eigenvalue weighted by molar-refractivity contribution is 6.05. The van der Waals surface area contributed by atoms with Gasteiger partial charge in [0.1, 0.15) is 17.3 Å². The predicted octanol–water partition coefficient (Wildman–Crippen LogP) is 3.18. The number of anilines is 1. The number of hydrogen-bond acceptors (Lipinski definition) is 5. The SMILES string of the molecule is COc1ccc(OC)c(NC(=O)c2cnc(C(C)C)nc2C)c1. The summed E-state index contributed by atoms with van der Waals surface area (Å²) in [6, 6.07) is 5.20. The minimum Gasteiger partial charge on any atom is -0.497 e. The molecule has 23 heavy (non-hydrogen) atoms. The number of nitrogens with zero attached hydrogens (tertiary/aromatic N) is 2. The smallest absolute Gasteiger partial charge is 0.259 e. The Hall–Kier alpha value is -2.63. The first kappa shape index (κ1) is 16.7. The summed E-state index contributed by atoms with van der Waals surface area (Å²) >= 11 is 0. The molecule has 0 unspecified atom stereocenters. The molecule has 1 N–H and O–H groups in total. The Balaban J connectivity index is 2.29. The molecule has 122 valence electrons. The Morgan fingerprint density at radius 3 is 2.52 bits per heavy atom. The Kier molecular flexibility index (Phi) is 5.16. The predicted molar refractivity (Wildman–Crippen MR) is 88.4 cm³/mol. The van der Waals surface area contributed by atoms with Crippen molar-refractivity contribution in [1.29, 1.82) is 0 Å². The van der Waals surface area contributed by atoms with Crippen LogP contribution < -0.4 is 14.8 Å². The Labute approximate surface area is 135 Å².